The van der Waals surface area contributed by atoms with Crippen molar-refractivity contribution >= 4 is 17.3 Å². The molecule has 21 heavy (non-hydrogen) atoms. The minimum Gasteiger partial charge on any atom is -0.381 e. The number of likely N-dealkylation sites (tertiary alicyclic amines) is 1. The molecule has 2 aromatic carbocycles. The van der Waals surface area contributed by atoms with Crippen molar-refractivity contribution in [3.63, 3.8) is 0 Å². The van der Waals surface area contributed by atoms with Crippen molar-refractivity contribution < 1.29 is 0 Å². The van der Waals surface area contributed by atoms with Crippen molar-refractivity contribution in [3.8, 4) is 0 Å². The molecule has 1 saturated heterocycles. The Balaban J connectivity index is 1.56. The van der Waals surface area contributed by atoms with Gasteiger partial charge < -0.3 is 5.32 Å². The van der Waals surface area contributed by atoms with Crippen LogP contribution in [-0.2, 0) is 6.54 Å². The normalized spacial score (nSPS) is 18.9. The predicted octanol–water partition coefficient (Wildman–Crippen LogP) is 4.33. The van der Waals surface area contributed by atoms with Gasteiger partial charge in [0.1, 0.15) is 0 Å². The Labute approximate surface area is 131 Å². The molecule has 3 rings (SSSR count). The van der Waals surface area contributed by atoms with Crippen LogP contribution in [0.2, 0.25) is 5.02 Å². The molecule has 110 valence electrons. The number of halogens is 1. The lowest BCUT2D eigenvalue weighted by molar-refractivity contribution is 0.328. The van der Waals surface area contributed by atoms with E-state index in [0.717, 1.165) is 35.9 Å². The smallest absolute Gasteiger partial charge is 0.0455 e. The van der Waals surface area contributed by atoms with Crippen molar-refractivity contribution in [1.82, 2.24) is 4.90 Å². The van der Waals surface area contributed by atoms with Crippen molar-refractivity contribution in [1.29, 1.82) is 0 Å². The van der Waals surface area contributed by atoms with Crippen LogP contribution in [0.1, 0.15) is 17.5 Å². The van der Waals surface area contributed by atoms with E-state index in [4.69, 9.17) is 11.6 Å². The molecule has 1 N–H and O–H groups in total. The van der Waals surface area contributed by atoms with Gasteiger partial charge in [0.15, 0.2) is 0 Å². The molecule has 0 aromatic heterocycles. The number of anilines is 1. The zero-order valence-electron chi connectivity index (χ0n) is 12.3. The lowest BCUT2D eigenvalue weighted by atomic mass is 10.2. The highest BCUT2D eigenvalue weighted by molar-refractivity contribution is 6.31. The van der Waals surface area contributed by atoms with Gasteiger partial charge in [0.25, 0.3) is 0 Å². The van der Waals surface area contributed by atoms with Gasteiger partial charge in [-0.05, 0) is 36.6 Å². The van der Waals surface area contributed by atoms with Gasteiger partial charge in [-0.1, -0.05) is 48.0 Å². The van der Waals surface area contributed by atoms with Crippen LogP contribution in [0, 0.1) is 6.92 Å². The first kappa shape index (κ1) is 14.4. The fourth-order valence-corrected chi connectivity index (χ4v) is 3.03. The molecule has 1 unspecified atom stereocenters. The SMILES string of the molecule is Cc1ccc(NC2CCN(Cc3ccccc3)C2)cc1Cl. The maximum Gasteiger partial charge on any atom is 0.0455 e. The number of nitrogens with zero attached hydrogens (tertiary/aromatic N) is 1. The molecule has 1 atom stereocenters. The highest BCUT2D eigenvalue weighted by atomic mass is 35.5. The summed E-state index contributed by atoms with van der Waals surface area (Å²) in [6.07, 6.45) is 1.18. The molecule has 1 fully saturated rings. The van der Waals surface area contributed by atoms with Gasteiger partial charge in [0.2, 0.25) is 0 Å². The Bertz CT molecular complexity index is 597. The van der Waals surface area contributed by atoms with Crippen molar-refractivity contribution in [2.24, 2.45) is 0 Å². The average molecular weight is 301 g/mol. The van der Waals surface area contributed by atoms with Crippen LogP contribution < -0.4 is 5.32 Å². The van der Waals surface area contributed by atoms with E-state index in [1.165, 1.54) is 12.0 Å². The molecule has 2 nitrogen and oxygen atoms in total. The standard InChI is InChI=1S/C18H21ClN2/c1-14-7-8-16(11-18(14)19)20-17-9-10-21(13-17)12-15-5-3-2-4-6-15/h2-8,11,17,20H,9-10,12-13H2,1H3. The second kappa shape index (κ2) is 6.50. The van der Waals surface area contributed by atoms with Crippen LogP contribution in [0.15, 0.2) is 48.5 Å². The van der Waals surface area contributed by atoms with Gasteiger partial charge in [0.05, 0.1) is 0 Å². The summed E-state index contributed by atoms with van der Waals surface area (Å²) in [6.45, 7) is 5.30. The first-order chi connectivity index (χ1) is 10.2. The van der Waals surface area contributed by atoms with E-state index in [1.807, 2.05) is 13.0 Å². The second-order valence-corrected chi connectivity index (χ2v) is 6.22. The number of aryl methyl sites for hydroxylation is 1. The Morgan fingerprint density at radius 3 is 2.76 bits per heavy atom. The highest BCUT2D eigenvalue weighted by Gasteiger charge is 2.22. The summed E-state index contributed by atoms with van der Waals surface area (Å²) in [5.74, 6) is 0. The fourth-order valence-electron chi connectivity index (χ4n) is 2.85. The maximum atomic E-state index is 6.18. The molecular formula is C18H21ClN2. The van der Waals surface area contributed by atoms with Gasteiger partial charge in [-0.2, -0.15) is 0 Å². The zero-order chi connectivity index (χ0) is 14.7. The van der Waals surface area contributed by atoms with E-state index in [2.05, 4.69) is 52.7 Å². The van der Waals surface area contributed by atoms with Crippen LogP contribution in [0.4, 0.5) is 5.69 Å². The molecular weight excluding hydrogens is 280 g/mol. The summed E-state index contributed by atoms with van der Waals surface area (Å²) in [7, 11) is 0. The van der Waals surface area contributed by atoms with Crippen molar-refractivity contribution in [3.05, 3.63) is 64.7 Å². The van der Waals surface area contributed by atoms with Gasteiger partial charge in [0, 0.05) is 36.4 Å². The minimum absolute atomic E-state index is 0.507. The number of hydrogen-bond donors (Lipinski definition) is 1. The molecule has 1 heterocycles. The Morgan fingerprint density at radius 1 is 1.19 bits per heavy atom. The lowest BCUT2D eigenvalue weighted by Gasteiger charge is -2.17. The molecule has 0 radical (unpaired) electrons. The molecule has 2 aromatic rings. The first-order valence-electron chi connectivity index (χ1n) is 7.50. The summed E-state index contributed by atoms with van der Waals surface area (Å²) in [4.78, 5) is 2.50. The van der Waals surface area contributed by atoms with Crippen LogP contribution in [0.25, 0.3) is 0 Å². The summed E-state index contributed by atoms with van der Waals surface area (Å²) in [6, 6.07) is 17.4. The number of hydrogen-bond acceptors (Lipinski definition) is 2. The zero-order valence-corrected chi connectivity index (χ0v) is 13.1. The molecule has 0 spiro atoms. The summed E-state index contributed by atoms with van der Waals surface area (Å²) < 4.78 is 0. The van der Waals surface area contributed by atoms with E-state index in [0.29, 0.717) is 6.04 Å². The quantitative estimate of drug-likeness (QED) is 0.904. The van der Waals surface area contributed by atoms with Crippen LogP contribution in [0.3, 0.4) is 0 Å². The highest BCUT2D eigenvalue weighted by Crippen LogP contribution is 2.23. The third-order valence-electron chi connectivity index (χ3n) is 4.06. The Morgan fingerprint density at radius 2 is 2.00 bits per heavy atom. The fraction of sp³-hybridized carbons (Fsp3) is 0.333. The van der Waals surface area contributed by atoms with E-state index in [-0.39, 0.29) is 0 Å². The number of benzene rings is 2. The molecule has 3 heteroatoms. The number of nitrogens with one attached hydrogen (secondary N) is 1. The minimum atomic E-state index is 0.507. The van der Waals surface area contributed by atoms with Gasteiger partial charge in [-0.3, -0.25) is 4.90 Å². The third kappa shape index (κ3) is 3.78. The monoisotopic (exact) mass is 300 g/mol. The summed E-state index contributed by atoms with van der Waals surface area (Å²) >= 11 is 6.18. The van der Waals surface area contributed by atoms with Gasteiger partial charge >= 0.3 is 0 Å². The molecule has 0 aliphatic carbocycles. The first-order valence-corrected chi connectivity index (χ1v) is 7.87. The van der Waals surface area contributed by atoms with Crippen LogP contribution in [-0.4, -0.2) is 24.0 Å². The molecule has 1 aliphatic heterocycles. The van der Waals surface area contributed by atoms with Crippen LogP contribution >= 0.6 is 11.6 Å². The molecule has 0 saturated carbocycles. The molecule has 0 bridgehead atoms. The van der Waals surface area contributed by atoms with E-state index in [1.54, 1.807) is 0 Å². The average Bonchev–Trinajstić information content (AvgIpc) is 2.91. The summed E-state index contributed by atoms with van der Waals surface area (Å²) in [5, 5.41) is 4.43. The van der Waals surface area contributed by atoms with E-state index >= 15 is 0 Å². The van der Waals surface area contributed by atoms with Gasteiger partial charge in [-0.25, -0.2) is 0 Å². The van der Waals surface area contributed by atoms with Crippen molar-refractivity contribution in [2.75, 3.05) is 18.4 Å². The predicted molar refractivity (Wildman–Crippen MR) is 89.9 cm³/mol. The second-order valence-electron chi connectivity index (χ2n) is 5.81. The topological polar surface area (TPSA) is 15.3 Å². The number of rotatable bonds is 4. The third-order valence-corrected chi connectivity index (χ3v) is 4.47. The van der Waals surface area contributed by atoms with Crippen LogP contribution in [0.5, 0.6) is 0 Å². The van der Waals surface area contributed by atoms with Crippen molar-refractivity contribution in [2.45, 2.75) is 25.9 Å². The molecule has 1 aliphatic rings. The largest absolute Gasteiger partial charge is 0.381 e. The maximum absolute atomic E-state index is 6.18. The Hall–Kier alpha value is -1.51. The summed E-state index contributed by atoms with van der Waals surface area (Å²) in [5.41, 5.74) is 3.63. The van der Waals surface area contributed by atoms with E-state index < -0.39 is 0 Å². The van der Waals surface area contributed by atoms with E-state index in [9.17, 15) is 0 Å². The molecule has 0 amide bonds. The Kier molecular flexibility index (Phi) is 4.47. The van der Waals surface area contributed by atoms with Gasteiger partial charge in [-0.15, -0.1) is 0 Å². The lowest BCUT2D eigenvalue weighted by Crippen LogP contribution is -2.25.